The number of rotatable bonds is 2. The first kappa shape index (κ1) is 13.3. The van der Waals surface area contributed by atoms with Gasteiger partial charge in [-0.15, -0.1) is 0 Å². The minimum absolute atomic E-state index is 0.182. The molecule has 0 aromatic heterocycles. The molecular weight excluding hydrogens is 338 g/mol. The van der Waals surface area contributed by atoms with E-state index in [0.29, 0.717) is 5.56 Å². The Balaban J connectivity index is 2.39. The second-order valence-electron chi connectivity index (χ2n) is 4.30. The van der Waals surface area contributed by atoms with Crippen molar-refractivity contribution in [2.75, 3.05) is 0 Å². The summed E-state index contributed by atoms with van der Waals surface area (Å²) in [4.78, 5) is 0. The fourth-order valence-electron chi connectivity index (χ4n) is 1.91. The first-order chi connectivity index (χ1) is 8.58. The summed E-state index contributed by atoms with van der Waals surface area (Å²) in [6.45, 7) is 4.13. The van der Waals surface area contributed by atoms with Crippen molar-refractivity contribution in [3.8, 4) is 0 Å². The van der Waals surface area contributed by atoms with E-state index in [2.05, 4.69) is 48.6 Å². The predicted octanol–water partition coefficient (Wildman–Crippen LogP) is 5.22. The molecule has 0 nitrogen and oxygen atoms in total. The van der Waals surface area contributed by atoms with Crippen LogP contribution in [0.3, 0.4) is 0 Å². The van der Waals surface area contributed by atoms with E-state index < -0.39 is 0 Å². The molecule has 2 rings (SSSR count). The zero-order valence-corrected chi connectivity index (χ0v) is 12.5. The summed E-state index contributed by atoms with van der Waals surface area (Å²) < 4.78 is 14.7. The average molecular weight is 352 g/mol. The van der Waals surface area contributed by atoms with Crippen LogP contribution in [0.1, 0.15) is 22.3 Å². The third-order valence-electron chi connectivity index (χ3n) is 2.93. The molecule has 18 heavy (non-hydrogen) atoms. The standard InChI is InChI=1S/C16H14FI/c1-11-4-3-5-12(2)15(11)8-6-13-10-14(18)7-9-16(13)17/h3-10H,1-2H3. The summed E-state index contributed by atoms with van der Waals surface area (Å²) in [5.41, 5.74) is 4.20. The number of hydrogen-bond donors (Lipinski definition) is 0. The highest BCUT2D eigenvalue weighted by atomic mass is 127. The molecule has 0 atom stereocenters. The van der Waals surface area contributed by atoms with Gasteiger partial charge in [-0.25, -0.2) is 4.39 Å². The predicted molar refractivity (Wildman–Crippen MR) is 84.0 cm³/mol. The molecular formula is C16H14FI. The zero-order valence-electron chi connectivity index (χ0n) is 10.4. The van der Waals surface area contributed by atoms with Crippen molar-refractivity contribution in [3.63, 3.8) is 0 Å². The van der Waals surface area contributed by atoms with Gasteiger partial charge in [-0.2, -0.15) is 0 Å². The van der Waals surface area contributed by atoms with Crippen molar-refractivity contribution in [3.05, 3.63) is 68.0 Å². The Morgan fingerprint density at radius 1 is 1.00 bits per heavy atom. The van der Waals surface area contributed by atoms with Crippen LogP contribution in [0.4, 0.5) is 4.39 Å². The maximum absolute atomic E-state index is 13.6. The van der Waals surface area contributed by atoms with Gasteiger partial charge in [-0.3, -0.25) is 0 Å². The van der Waals surface area contributed by atoms with Crippen molar-refractivity contribution in [1.82, 2.24) is 0 Å². The molecule has 92 valence electrons. The number of hydrogen-bond acceptors (Lipinski definition) is 0. The highest BCUT2D eigenvalue weighted by Crippen LogP contribution is 2.19. The lowest BCUT2D eigenvalue weighted by Gasteiger charge is -2.04. The van der Waals surface area contributed by atoms with Crippen LogP contribution in [0.15, 0.2) is 36.4 Å². The quantitative estimate of drug-likeness (QED) is 0.514. The van der Waals surface area contributed by atoms with E-state index >= 15 is 0 Å². The van der Waals surface area contributed by atoms with Crippen LogP contribution in [-0.2, 0) is 0 Å². The topological polar surface area (TPSA) is 0 Å². The summed E-state index contributed by atoms with van der Waals surface area (Å²) in [5, 5.41) is 0. The van der Waals surface area contributed by atoms with Crippen molar-refractivity contribution in [1.29, 1.82) is 0 Å². The minimum atomic E-state index is -0.182. The van der Waals surface area contributed by atoms with Gasteiger partial charge < -0.3 is 0 Å². The molecule has 0 saturated carbocycles. The van der Waals surface area contributed by atoms with Gasteiger partial charge in [0.1, 0.15) is 5.82 Å². The summed E-state index contributed by atoms with van der Waals surface area (Å²) >= 11 is 2.19. The summed E-state index contributed by atoms with van der Waals surface area (Å²) in [6.07, 6.45) is 3.83. The van der Waals surface area contributed by atoms with E-state index in [1.165, 1.54) is 17.2 Å². The number of benzene rings is 2. The van der Waals surface area contributed by atoms with Gasteiger partial charge in [-0.1, -0.05) is 30.4 Å². The van der Waals surface area contributed by atoms with Gasteiger partial charge in [0.15, 0.2) is 0 Å². The Morgan fingerprint density at radius 3 is 2.33 bits per heavy atom. The normalized spacial score (nSPS) is 11.1. The molecule has 0 heterocycles. The highest BCUT2D eigenvalue weighted by molar-refractivity contribution is 14.1. The molecule has 0 radical (unpaired) electrons. The maximum atomic E-state index is 13.6. The molecule has 0 aliphatic carbocycles. The molecule has 0 bridgehead atoms. The van der Waals surface area contributed by atoms with Crippen molar-refractivity contribution < 1.29 is 4.39 Å². The minimum Gasteiger partial charge on any atom is -0.206 e. The second kappa shape index (κ2) is 5.65. The van der Waals surface area contributed by atoms with Crippen LogP contribution < -0.4 is 0 Å². The fraction of sp³-hybridized carbons (Fsp3) is 0.125. The first-order valence-electron chi connectivity index (χ1n) is 5.77. The molecule has 0 aliphatic heterocycles. The second-order valence-corrected chi connectivity index (χ2v) is 5.55. The van der Waals surface area contributed by atoms with E-state index in [1.54, 1.807) is 6.07 Å². The van der Waals surface area contributed by atoms with Gasteiger partial charge in [0.2, 0.25) is 0 Å². The van der Waals surface area contributed by atoms with E-state index in [-0.39, 0.29) is 5.82 Å². The molecule has 0 aliphatic rings. The zero-order chi connectivity index (χ0) is 13.1. The molecule has 2 heteroatoms. The Kier molecular flexibility index (Phi) is 4.17. The Hall–Kier alpha value is -1.16. The Morgan fingerprint density at radius 2 is 1.67 bits per heavy atom. The third-order valence-corrected chi connectivity index (χ3v) is 3.60. The molecule has 0 N–H and O–H groups in total. The van der Waals surface area contributed by atoms with Crippen molar-refractivity contribution in [2.45, 2.75) is 13.8 Å². The van der Waals surface area contributed by atoms with E-state index in [4.69, 9.17) is 0 Å². The summed E-state index contributed by atoms with van der Waals surface area (Å²) in [6, 6.07) is 11.3. The van der Waals surface area contributed by atoms with Crippen LogP contribution in [-0.4, -0.2) is 0 Å². The highest BCUT2D eigenvalue weighted by Gasteiger charge is 2.01. The summed E-state index contributed by atoms with van der Waals surface area (Å²) in [7, 11) is 0. The summed E-state index contributed by atoms with van der Waals surface area (Å²) in [5.74, 6) is -0.182. The number of aryl methyl sites for hydroxylation is 2. The Bertz CT molecular complexity index is 580. The number of halogens is 2. The monoisotopic (exact) mass is 352 g/mol. The van der Waals surface area contributed by atoms with Crippen LogP contribution in [0.2, 0.25) is 0 Å². The molecule has 0 amide bonds. The lowest BCUT2D eigenvalue weighted by atomic mass is 10.0. The van der Waals surface area contributed by atoms with Crippen LogP contribution in [0.5, 0.6) is 0 Å². The van der Waals surface area contributed by atoms with Gasteiger partial charge in [-0.05, 0) is 71.3 Å². The lowest BCUT2D eigenvalue weighted by Crippen LogP contribution is -1.86. The van der Waals surface area contributed by atoms with Crippen LogP contribution in [0, 0.1) is 23.2 Å². The van der Waals surface area contributed by atoms with Crippen molar-refractivity contribution >= 4 is 34.7 Å². The van der Waals surface area contributed by atoms with Gasteiger partial charge in [0, 0.05) is 9.13 Å². The maximum Gasteiger partial charge on any atom is 0.130 e. The van der Waals surface area contributed by atoms with Crippen LogP contribution in [0.25, 0.3) is 12.2 Å². The molecule has 0 spiro atoms. The van der Waals surface area contributed by atoms with E-state index in [9.17, 15) is 4.39 Å². The molecule has 0 saturated heterocycles. The SMILES string of the molecule is Cc1cccc(C)c1C=Cc1cc(I)ccc1F. The van der Waals surface area contributed by atoms with Crippen molar-refractivity contribution in [2.24, 2.45) is 0 Å². The van der Waals surface area contributed by atoms with E-state index in [0.717, 1.165) is 9.13 Å². The van der Waals surface area contributed by atoms with Gasteiger partial charge >= 0.3 is 0 Å². The molecule has 0 unspecified atom stereocenters. The smallest absolute Gasteiger partial charge is 0.130 e. The van der Waals surface area contributed by atoms with Gasteiger partial charge in [0.05, 0.1) is 0 Å². The van der Waals surface area contributed by atoms with E-state index in [1.807, 2.05) is 24.3 Å². The van der Waals surface area contributed by atoms with Gasteiger partial charge in [0.25, 0.3) is 0 Å². The first-order valence-corrected chi connectivity index (χ1v) is 6.85. The molecule has 0 fully saturated rings. The molecule has 2 aromatic rings. The van der Waals surface area contributed by atoms with Crippen LogP contribution >= 0.6 is 22.6 Å². The Labute approximate surface area is 121 Å². The average Bonchev–Trinajstić information content (AvgIpc) is 2.33. The fourth-order valence-corrected chi connectivity index (χ4v) is 2.42. The molecule has 2 aromatic carbocycles. The lowest BCUT2D eigenvalue weighted by molar-refractivity contribution is 0.625. The largest absolute Gasteiger partial charge is 0.206 e. The third kappa shape index (κ3) is 2.99.